The van der Waals surface area contributed by atoms with Gasteiger partial charge in [-0.15, -0.1) is 0 Å². The Balaban J connectivity index is 1.85. The van der Waals surface area contributed by atoms with Crippen molar-refractivity contribution in [2.75, 3.05) is 18.9 Å². The lowest BCUT2D eigenvalue weighted by Crippen LogP contribution is -2.10. The van der Waals surface area contributed by atoms with Crippen molar-refractivity contribution in [2.24, 2.45) is 0 Å². The van der Waals surface area contributed by atoms with E-state index in [0.29, 0.717) is 19.0 Å². The largest absolute Gasteiger partial charge is 0.490 e. The minimum atomic E-state index is -0.563. The molecule has 0 fully saturated rings. The average molecular weight is 282 g/mol. The highest BCUT2D eigenvalue weighted by Crippen LogP contribution is 2.28. The third-order valence-corrected chi connectivity index (χ3v) is 2.70. The van der Waals surface area contributed by atoms with E-state index in [2.05, 4.69) is 0 Å². The molecule has 5 heteroatoms. The molecule has 2 rings (SSSR count). The van der Waals surface area contributed by atoms with Crippen LogP contribution in [0.1, 0.15) is 0 Å². The minimum absolute atomic E-state index is 0.0202. The summed E-state index contributed by atoms with van der Waals surface area (Å²) in [7, 11) is 0. The Bertz CT molecular complexity index is 549. The van der Waals surface area contributed by atoms with Crippen LogP contribution < -0.4 is 15.2 Å². The molecule has 0 unspecified atom stereocenters. The van der Waals surface area contributed by atoms with Crippen LogP contribution in [0.3, 0.4) is 0 Å². The Morgan fingerprint density at radius 2 is 1.74 bits per heavy atom. The van der Waals surface area contributed by atoms with Crippen LogP contribution in [0, 0.1) is 5.82 Å². The fourth-order valence-corrected chi connectivity index (χ4v) is 1.65. The predicted molar refractivity (Wildman–Crippen MR) is 73.3 cm³/mol. The smallest absolute Gasteiger partial charge is 0.144 e. The van der Waals surface area contributed by atoms with Crippen molar-refractivity contribution in [3.8, 4) is 11.5 Å². The number of hydrogen-bond acceptors (Lipinski definition) is 3. The molecule has 19 heavy (non-hydrogen) atoms. The lowest BCUT2D eigenvalue weighted by molar-refractivity contribution is 0.218. The first-order chi connectivity index (χ1) is 9.16. The number of halogens is 2. The number of hydrogen-bond donors (Lipinski definition) is 1. The zero-order valence-electron chi connectivity index (χ0n) is 10.1. The topological polar surface area (TPSA) is 44.5 Å². The first-order valence-corrected chi connectivity index (χ1v) is 6.10. The van der Waals surface area contributed by atoms with Gasteiger partial charge >= 0.3 is 0 Å². The molecule has 3 nitrogen and oxygen atoms in total. The molecule has 100 valence electrons. The molecule has 0 aromatic heterocycles. The Morgan fingerprint density at radius 3 is 2.47 bits per heavy atom. The van der Waals surface area contributed by atoms with Crippen molar-refractivity contribution < 1.29 is 13.9 Å². The molecule has 2 aromatic rings. The van der Waals surface area contributed by atoms with E-state index in [-0.39, 0.29) is 10.7 Å². The Labute approximate surface area is 115 Å². The molecule has 0 spiro atoms. The van der Waals surface area contributed by atoms with Gasteiger partial charge in [-0.05, 0) is 12.1 Å². The third kappa shape index (κ3) is 3.76. The molecular formula is C14H13ClFNO2. The predicted octanol–water partition coefficient (Wildman–Crippen LogP) is 3.52. The van der Waals surface area contributed by atoms with Crippen LogP contribution in [-0.4, -0.2) is 13.2 Å². The number of rotatable bonds is 5. The molecule has 0 heterocycles. The summed E-state index contributed by atoms with van der Waals surface area (Å²) in [6, 6.07) is 11.9. The normalized spacial score (nSPS) is 10.2. The van der Waals surface area contributed by atoms with Gasteiger partial charge in [0.15, 0.2) is 0 Å². The zero-order valence-corrected chi connectivity index (χ0v) is 10.9. The van der Waals surface area contributed by atoms with Crippen LogP contribution in [0.2, 0.25) is 5.02 Å². The number of para-hydroxylation sites is 1. The van der Waals surface area contributed by atoms with Crippen molar-refractivity contribution in [3.05, 3.63) is 53.3 Å². The van der Waals surface area contributed by atoms with Crippen LogP contribution in [0.15, 0.2) is 42.5 Å². The third-order valence-electron chi connectivity index (χ3n) is 2.41. The van der Waals surface area contributed by atoms with Crippen LogP contribution in [-0.2, 0) is 0 Å². The average Bonchev–Trinajstić information content (AvgIpc) is 2.41. The summed E-state index contributed by atoms with van der Waals surface area (Å²) < 4.78 is 23.9. The summed E-state index contributed by atoms with van der Waals surface area (Å²) in [6.45, 7) is 0.652. The highest BCUT2D eigenvalue weighted by molar-refractivity contribution is 6.31. The molecule has 0 saturated heterocycles. The Kier molecular flexibility index (Phi) is 4.47. The number of nitrogen functional groups attached to an aromatic ring is 1. The second kappa shape index (κ2) is 6.29. The van der Waals surface area contributed by atoms with E-state index in [1.165, 1.54) is 6.07 Å². The quantitative estimate of drug-likeness (QED) is 0.674. The van der Waals surface area contributed by atoms with E-state index < -0.39 is 5.82 Å². The Morgan fingerprint density at radius 1 is 1.05 bits per heavy atom. The van der Waals surface area contributed by atoms with Crippen molar-refractivity contribution in [2.45, 2.75) is 0 Å². The molecular weight excluding hydrogens is 269 g/mol. The zero-order chi connectivity index (χ0) is 13.7. The van der Waals surface area contributed by atoms with Crippen molar-refractivity contribution in [1.29, 1.82) is 0 Å². The minimum Gasteiger partial charge on any atom is -0.490 e. The molecule has 0 aliphatic carbocycles. The summed E-state index contributed by atoms with van der Waals surface area (Å²) in [5.41, 5.74) is 5.83. The second-order valence-corrected chi connectivity index (χ2v) is 4.22. The van der Waals surface area contributed by atoms with Gasteiger partial charge in [-0.1, -0.05) is 29.8 Å². The van der Waals surface area contributed by atoms with Gasteiger partial charge in [0.1, 0.15) is 30.5 Å². The van der Waals surface area contributed by atoms with Gasteiger partial charge < -0.3 is 15.2 Å². The fourth-order valence-electron chi connectivity index (χ4n) is 1.50. The summed E-state index contributed by atoms with van der Waals surface area (Å²) >= 11 is 5.65. The summed E-state index contributed by atoms with van der Waals surface area (Å²) in [4.78, 5) is 0. The SMILES string of the molecule is Nc1cc(F)c(Cl)cc1OCCOc1ccccc1. The molecule has 0 bridgehead atoms. The fraction of sp³-hybridized carbons (Fsp3) is 0.143. The van der Waals surface area contributed by atoms with Crippen molar-refractivity contribution in [3.63, 3.8) is 0 Å². The summed E-state index contributed by atoms with van der Waals surface area (Å²) in [6.07, 6.45) is 0. The van der Waals surface area contributed by atoms with Gasteiger partial charge in [0.2, 0.25) is 0 Å². The number of nitrogens with two attached hydrogens (primary N) is 1. The number of ether oxygens (including phenoxy) is 2. The molecule has 0 aliphatic heterocycles. The van der Waals surface area contributed by atoms with Gasteiger partial charge in [-0.25, -0.2) is 4.39 Å². The number of anilines is 1. The van der Waals surface area contributed by atoms with Gasteiger partial charge in [0.25, 0.3) is 0 Å². The highest BCUT2D eigenvalue weighted by atomic mass is 35.5. The lowest BCUT2D eigenvalue weighted by Gasteiger charge is -2.10. The molecule has 0 amide bonds. The first-order valence-electron chi connectivity index (χ1n) is 5.72. The van der Waals surface area contributed by atoms with Crippen molar-refractivity contribution in [1.82, 2.24) is 0 Å². The van der Waals surface area contributed by atoms with E-state index in [9.17, 15) is 4.39 Å². The highest BCUT2D eigenvalue weighted by Gasteiger charge is 2.07. The van der Waals surface area contributed by atoms with E-state index >= 15 is 0 Å². The van der Waals surface area contributed by atoms with Gasteiger partial charge in [0.05, 0.1) is 10.7 Å². The van der Waals surface area contributed by atoms with Gasteiger partial charge in [-0.2, -0.15) is 0 Å². The lowest BCUT2D eigenvalue weighted by atomic mass is 10.3. The van der Waals surface area contributed by atoms with Crippen LogP contribution in [0.5, 0.6) is 11.5 Å². The van der Waals surface area contributed by atoms with E-state index in [1.54, 1.807) is 0 Å². The summed E-state index contributed by atoms with van der Waals surface area (Å²) in [5.74, 6) is 0.548. The molecule has 0 saturated carbocycles. The molecule has 2 N–H and O–H groups in total. The van der Waals surface area contributed by atoms with Crippen LogP contribution in [0.4, 0.5) is 10.1 Å². The molecule has 0 aliphatic rings. The van der Waals surface area contributed by atoms with E-state index in [1.807, 2.05) is 30.3 Å². The van der Waals surface area contributed by atoms with E-state index in [0.717, 1.165) is 11.8 Å². The Hall–Kier alpha value is -1.94. The van der Waals surface area contributed by atoms with E-state index in [4.69, 9.17) is 26.8 Å². The summed E-state index contributed by atoms with van der Waals surface area (Å²) in [5, 5.41) is -0.0202. The monoisotopic (exact) mass is 281 g/mol. The molecule has 2 aromatic carbocycles. The molecule has 0 atom stereocenters. The van der Waals surface area contributed by atoms with Crippen molar-refractivity contribution >= 4 is 17.3 Å². The second-order valence-electron chi connectivity index (χ2n) is 3.81. The maximum atomic E-state index is 13.1. The standard InChI is InChI=1S/C14H13ClFNO2/c15-11-8-14(13(17)9-12(11)16)19-7-6-18-10-4-2-1-3-5-10/h1-5,8-9H,6-7,17H2. The maximum absolute atomic E-state index is 13.1. The maximum Gasteiger partial charge on any atom is 0.144 e. The molecule has 0 radical (unpaired) electrons. The van der Waals surface area contributed by atoms with Gasteiger partial charge in [-0.3, -0.25) is 0 Å². The van der Waals surface area contributed by atoms with Gasteiger partial charge in [0, 0.05) is 12.1 Å². The van der Waals surface area contributed by atoms with Crippen LogP contribution >= 0.6 is 11.6 Å². The first kappa shape index (κ1) is 13.5. The number of benzene rings is 2. The van der Waals surface area contributed by atoms with Crippen LogP contribution in [0.25, 0.3) is 0 Å².